The minimum Gasteiger partial charge on any atom is -0.462 e. The molecular formula is C28H31N3O5. The highest BCUT2D eigenvalue weighted by Crippen LogP contribution is 2.29. The number of nitrogens with two attached hydrogens (primary N) is 1. The Balaban J connectivity index is 1.49. The smallest absolute Gasteiger partial charge is 0.407 e. The van der Waals surface area contributed by atoms with Gasteiger partial charge < -0.3 is 25.8 Å². The number of carbonyl (C=O) groups is 3. The lowest BCUT2D eigenvalue weighted by Crippen LogP contribution is -2.36. The summed E-state index contributed by atoms with van der Waals surface area (Å²) in [6, 6.07) is 23.0. The summed E-state index contributed by atoms with van der Waals surface area (Å²) in [5.74, 6) is -0.740. The lowest BCUT2D eigenvalue weighted by atomic mass is 10.0. The molecule has 1 atom stereocenters. The lowest BCUT2D eigenvalue weighted by molar-refractivity contribution is -0.117. The summed E-state index contributed by atoms with van der Waals surface area (Å²) in [6.45, 7) is 2.57. The number of amides is 2. The van der Waals surface area contributed by atoms with Gasteiger partial charge in [0.25, 0.3) is 0 Å². The Morgan fingerprint density at radius 1 is 0.917 bits per heavy atom. The Labute approximate surface area is 210 Å². The molecule has 3 aromatic carbocycles. The molecule has 0 saturated carbocycles. The van der Waals surface area contributed by atoms with Crippen molar-refractivity contribution >= 4 is 23.7 Å². The molecule has 8 heteroatoms. The Morgan fingerprint density at radius 3 is 2.44 bits per heavy atom. The third kappa shape index (κ3) is 7.95. The van der Waals surface area contributed by atoms with Gasteiger partial charge in [0.15, 0.2) is 0 Å². The predicted molar refractivity (Wildman–Crippen MR) is 138 cm³/mol. The number of carbonyl (C=O) groups excluding carboxylic acids is 3. The fraction of sp³-hybridized carbons (Fsp3) is 0.250. The van der Waals surface area contributed by atoms with E-state index in [4.69, 9.17) is 15.2 Å². The van der Waals surface area contributed by atoms with Crippen LogP contribution in [0.3, 0.4) is 0 Å². The summed E-state index contributed by atoms with van der Waals surface area (Å²) in [7, 11) is 0. The summed E-state index contributed by atoms with van der Waals surface area (Å²) in [4.78, 5) is 36.7. The number of esters is 1. The van der Waals surface area contributed by atoms with E-state index in [1.165, 1.54) is 0 Å². The molecule has 0 aliphatic heterocycles. The molecule has 0 unspecified atom stereocenters. The molecule has 3 aromatic rings. The largest absolute Gasteiger partial charge is 0.462 e. The molecule has 2 amide bonds. The van der Waals surface area contributed by atoms with Gasteiger partial charge in [-0.05, 0) is 49.1 Å². The topological polar surface area (TPSA) is 120 Å². The molecular weight excluding hydrogens is 458 g/mol. The van der Waals surface area contributed by atoms with Crippen molar-refractivity contribution in [1.82, 2.24) is 5.32 Å². The Morgan fingerprint density at radius 2 is 1.67 bits per heavy atom. The molecule has 0 fully saturated rings. The van der Waals surface area contributed by atoms with E-state index in [1.54, 1.807) is 31.2 Å². The molecule has 0 aromatic heterocycles. The summed E-state index contributed by atoms with van der Waals surface area (Å²) in [6.07, 6.45) is 0.375. The maximum atomic E-state index is 12.7. The fourth-order valence-corrected chi connectivity index (χ4v) is 3.52. The molecule has 8 nitrogen and oxygen atoms in total. The van der Waals surface area contributed by atoms with Crippen LogP contribution in [-0.2, 0) is 20.9 Å². The Hall–Kier alpha value is -4.17. The second-order valence-electron chi connectivity index (χ2n) is 8.07. The van der Waals surface area contributed by atoms with E-state index in [9.17, 15) is 14.4 Å². The molecule has 0 heterocycles. The molecule has 0 bridgehead atoms. The first-order valence-electron chi connectivity index (χ1n) is 11.9. The fourth-order valence-electron chi connectivity index (χ4n) is 3.52. The van der Waals surface area contributed by atoms with Gasteiger partial charge in [0.1, 0.15) is 6.61 Å². The molecule has 0 aliphatic carbocycles. The summed E-state index contributed by atoms with van der Waals surface area (Å²) in [5.41, 5.74) is 9.53. The number of rotatable bonds is 11. The number of ether oxygens (including phenoxy) is 2. The average molecular weight is 490 g/mol. The lowest BCUT2D eigenvalue weighted by Gasteiger charge is -2.16. The van der Waals surface area contributed by atoms with Crippen LogP contribution in [-0.4, -0.2) is 37.2 Å². The highest BCUT2D eigenvalue weighted by Gasteiger charge is 2.16. The second-order valence-corrected chi connectivity index (χ2v) is 8.07. The Bertz CT molecular complexity index is 1170. The number of hydrogen-bond donors (Lipinski definition) is 3. The summed E-state index contributed by atoms with van der Waals surface area (Å²) >= 11 is 0. The molecule has 0 aliphatic rings. The molecule has 0 spiro atoms. The van der Waals surface area contributed by atoms with Gasteiger partial charge in [-0.3, -0.25) is 4.79 Å². The highest BCUT2D eigenvalue weighted by atomic mass is 16.5. The highest BCUT2D eigenvalue weighted by molar-refractivity contribution is 5.99. The maximum Gasteiger partial charge on any atom is 0.407 e. The van der Waals surface area contributed by atoms with Crippen molar-refractivity contribution in [2.24, 2.45) is 5.73 Å². The van der Waals surface area contributed by atoms with Crippen LogP contribution in [0.1, 0.15) is 35.7 Å². The van der Waals surface area contributed by atoms with Crippen LogP contribution in [0.25, 0.3) is 11.1 Å². The van der Waals surface area contributed by atoms with E-state index in [0.717, 1.165) is 16.7 Å². The van der Waals surface area contributed by atoms with Crippen molar-refractivity contribution in [3.63, 3.8) is 0 Å². The first kappa shape index (κ1) is 26.4. The number of nitrogens with one attached hydrogen (secondary N) is 2. The second kappa shape index (κ2) is 13.7. The zero-order valence-corrected chi connectivity index (χ0v) is 20.2. The van der Waals surface area contributed by atoms with Gasteiger partial charge in [0.2, 0.25) is 5.91 Å². The van der Waals surface area contributed by atoms with Crippen LogP contribution in [0.15, 0.2) is 78.9 Å². The standard InChI is InChI=1S/C28H31N3O5/c1-2-35-27(33)22-13-8-12-21(18-22)23-14-6-7-16-25(23)31-26(32)24(29)15-9-17-30-28(34)36-19-20-10-4-3-5-11-20/h3-8,10-14,16,18,24H,2,9,15,17,19,29H2,1H3,(H,30,34)(H,31,32)/t24-/m0/s1. The third-order valence-corrected chi connectivity index (χ3v) is 5.38. The van der Waals surface area contributed by atoms with E-state index in [-0.39, 0.29) is 19.1 Å². The van der Waals surface area contributed by atoms with Crippen molar-refractivity contribution in [3.8, 4) is 11.1 Å². The van der Waals surface area contributed by atoms with Crippen molar-refractivity contribution < 1.29 is 23.9 Å². The first-order valence-corrected chi connectivity index (χ1v) is 11.9. The van der Waals surface area contributed by atoms with Crippen molar-refractivity contribution in [2.75, 3.05) is 18.5 Å². The van der Waals surface area contributed by atoms with Gasteiger partial charge in [0.05, 0.1) is 18.2 Å². The van der Waals surface area contributed by atoms with E-state index in [0.29, 0.717) is 30.6 Å². The number of para-hydroxylation sites is 1. The van der Waals surface area contributed by atoms with Crippen LogP contribution < -0.4 is 16.4 Å². The Kier molecular flexibility index (Phi) is 10.0. The van der Waals surface area contributed by atoms with Crippen LogP contribution in [0.4, 0.5) is 10.5 Å². The van der Waals surface area contributed by atoms with Gasteiger partial charge in [0, 0.05) is 17.8 Å². The molecule has 36 heavy (non-hydrogen) atoms. The van der Waals surface area contributed by atoms with Crippen LogP contribution in [0, 0.1) is 0 Å². The van der Waals surface area contributed by atoms with Crippen molar-refractivity contribution in [1.29, 1.82) is 0 Å². The normalized spacial score (nSPS) is 11.3. The summed E-state index contributed by atoms with van der Waals surface area (Å²) in [5, 5.41) is 5.54. The maximum absolute atomic E-state index is 12.7. The van der Waals surface area contributed by atoms with Crippen LogP contribution in [0.2, 0.25) is 0 Å². The van der Waals surface area contributed by atoms with E-state index >= 15 is 0 Å². The quantitative estimate of drug-likeness (QED) is 0.269. The number of hydrogen-bond acceptors (Lipinski definition) is 6. The number of alkyl carbamates (subject to hydrolysis) is 1. The van der Waals surface area contributed by atoms with Gasteiger partial charge in [-0.1, -0.05) is 60.7 Å². The molecule has 0 radical (unpaired) electrons. The zero-order chi connectivity index (χ0) is 25.8. The summed E-state index contributed by atoms with van der Waals surface area (Å²) < 4.78 is 10.2. The van der Waals surface area contributed by atoms with Crippen molar-refractivity contribution in [3.05, 3.63) is 90.0 Å². The molecule has 0 saturated heterocycles. The zero-order valence-electron chi connectivity index (χ0n) is 20.2. The SMILES string of the molecule is CCOC(=O)c1cccc(-c2ccccc2NC(=O)[C@@H](N)CCCNC(=O)OCc2ccccc2)c1. The van der Waals surface area contributed by atoms with Gasteiger partial charge in [-0.25, -0.2) is 9.59 Å². The number of benzene rings is 3. The first-order chi connectivity index (χ1) is 17.5. The van der Waals surface area contributed by atoms with Crippen LogP contribution in [0.5, 0.6) is 0 Å². The van der Waals surface area contributed by atoms with E-state index in [1.807, 2.05) is 54.6 Å². The number of anilines is 1. The minimum absolute atomic E-state index is 0.191. The minimum atomic E-state index is -0.758. The molecule has 3 rings (SSSR count). The van der Waals surface area contributed by atoms with Gasteiger partial charge in [-0.15, -0.1) is 0 Å². The van der Waals surface area contributed by atoms with Crippen molar-refractivity contribution in [2.45, 2.75) is 32.4 Å². The van der Waals surface area contributed by atoms with E-state index < -0.39 is 18.1 Å². The van der Waals surface area contributed by atoms with Crippen LogP contribution >= 0.6 is 0 Å². The molecule has 4 N–H and O–H groups in total. The van der Waals surface area contributed by atoms with Gasteiger partial charge >= 0.3 is 12.1 Å². The monoisotopic (exact) mass is 489 g/mol. The van der Waals surface area contributed by atoms with E-state index in [2.05, 4.69) is 10.6 Å². The van der Waals surface area contributed by atoms with Gasteiger partial charge in [-0.2, -0.15) is 0 Å². The average Bonchev–Trinajstić information content (AvgIpc) is 2.91. The third-order valence-electron chi connectivity index (χ3n) is 5.38. The molecule has 188 valence electrons. The predicted octanol–water partition coefficient (Wildman–Crippen LogP) is 4.50.